The van der Waals surface area contributed by atoms with Crippen LogP contribution in [0.5, 0.6) is 0 Å². The van der Waals surface area contributed by atoms with E-state index in [1.165, 1.54) is 0 Å². The molecule has 0 saturated heterocycles. The van der Waals surface area contributed by atoms with E-state index in [4.69, 9.17) is 10.8 Å². The van der Waals surface area contributed by atoms with E-state index < -0.39 is 0 Å². The van der Waals surface area contributed by atoms with Gasteiger partial charge in [0, 0.05) is 5.69 Å². The summed E-state index contributed by atoms with van der Waals surface area (Å²) in [7, 11) is 0. The molecule has 0 atom stereocenters. The molecule has 0 radical (unpaired) electrons. The van der Waals surface area contributed by atoms with Gasteiger partial charge in [-0.3, -0.25) is 0 Å². The van der Waals surface area contributed by atoms with Crippen LogP contribution >= 0.6 is 0 Å². The predicted molar refractivity (Wildman–Crippen MR) is 52.9 cm³/mol. The van der Waals surface area contributed by atoms with E-state index in [1.54, 1.807) is 6.07 Å². The Morgan fingerprint density at radius 2 is 1.92 bits per heavy atom. The molecule has 0 aliphatic heterocycles. The third-order valence-corrected chi connectivity index (χ3v) is 1.52. The molecule has 0 fully saturated rings. The lowest BCUT2D eigenvalue weighted by molar-refractivity contribution is 0.282. The Balaban J connectivity index is 0.000000561. The van der Waals surface area contributed by atoms with E-state index in [1.807, 2.05) is 32.9 Å². The maximum Gasteiger partial charge on any atom is 0.0681 e. The second kappa shape index (κ2) is 5.61. The number of hydrogen-bond acceptors (Lipinski definition) is 2. The van der Waals surface area contributed by atoms with Crippen LogP contribution in [0.3, 0.4) is 0 Å². The molecule has 68 valence electrons. The lowest BCUT2D eigenvalue weighted by atomic mass is 10.1. The summed E-state index contributed by atoms with van der Waals surface area (Å²) >= 11 is 0. The maximum atomic E-state index is 8.71. The average molecular weight is 167 g/mol. The Morgan fingerprint density at radius 3 is 2.33 bits per heavy atom. The highest BCUT2D eigenvalue weighted by molar-refractivity contribution is 5.47. The number of nitrogens with two attached hydrogens (primary N) is 1. The van der Waals surface area contributed by atoms with Crippen LogP contribution in [-0.2, 0) is 6.61 Å². The van der Waals surface area contributed by atoms with E-state index in [0.717, 1.165) is 16.8 Å². The van der Waals surface area contributed by atoms with Gasteiger partial charge in [-0.05, 0) is 24.1 Å². The summed E-state index contributed by atoms with van der Waals surface area (Å²) in [6.07, 6.45) is 0. The van der Waals surface area contributed by atoms with Gasteiger partial charge in [-0.15, -0.1) is 0 Å². The van der Waals surface area contributed by atoms with Gasteiger partial charge in [0.2, 0.25) is 0 Å². The smallest absolute Gasteiger partial charge is 0.0681 e. The number of rotatable bonds is 1. The van der Waals surface area contributed by atoms with Gasteiger partial charge in [0.15, 0.2) is 0 Å². The molecule has 0 heterocycles. The van der Waals surface area contributed by atoms with Crippen molar-refractivity contribution in [2.45, 2.75) is 27.4 Å². The van der Waals surface area contributed by atoms with Crippen LogP contribution in [0, 0.1) is 6.92 Å². The first-order valence-corrected chi connectivity index (χ1v) is 4.20. The van der Waals surface area contributed by atoms with Gasteiger partial charge in [-0.25, -0.2) is 0 Å². The summed E-state index contributed by atoms with van der Waals surface area (Å²) in [4.78, 5) is 0. The summed E-state index contributed by atoms with van der Waals surface area (Å²) in [5.41, 5.74) is 8.27. The Hall–Kier alpha value is -1.02. The van der Waals surface area contributed by atoms with E-state index in [9.17, 15) is 0 Å². The Bertz CT molecular complexity index is 233. The highest BCUT2D eigenvalue weighted by atomic mass is 16.3. The summed E-state index contributed by atoms with van der Waals surface area (Å²) in [5.74, 6) is 0. The van der Waals surface area contributed by atoms with Crippen molar-refractivity contribution < 1.29 is 5.11 Å². The van der Waals surface area contributed by atoms with E-state index in [-0.39, 0.29) is 6.61 Å². The maximum absolute atomic E-state index is 8.71. The first-order valence-electron chi connectivity index (χ1n) is 4.20. The molecule has 1 aromatic carbocycles. The molecule has 0 unspecified atom stereocenters. The lowest BCUT2D eigenvalue weighted by Gasteiger charge is -2.00. The Morgan fingerprint density at radius 1 is 1.33 bits per heavy atom. The predicted octanol–water partition coefficient (Wildman–Crippen LogP) is 2.10. The van der Waals surface area contributed by atoms with Gasteiger partial charge < -0.3 is 10.8 Å². The Labute approximate surface area is 74.0 Å². The average Bonchev–Trinajstić information content (AvgIpc) is 2.13. The minimum Gasteiger partial charge on any atom is -0.399 e. The fourth-order valence-electron chi connectivity index (χ4n) is 0.836. The van der Waals surface area contributed by atoms with Crippen molar-refractivity contribution in [3.05, 3.63) is 29.3 Å². The van der Waals surface area contributed by atoms with Crippen LogP contribution in [-0.4, -0.2) is 5.11 Å². The number of nitrogen functional groups attached to an aromatic ring is 1. The minimum absolute atomic E-state index is 0.0844. The summed E-state index contributed by atoms with van der Waals surface area (Å²) in [6.45, 7) is 6.01. The molecule has 0 amide bonds. The van der Waals surface area contributed by atoms with E-state index in [2.05, 4.69) is 0 Å². The van der Waals surface area contributed by atoms with Crippen molar-refractivity contribution in [1.82, 2.24) is 0 Å². The molecule has 0 aliphatic rings. The zero-order valence-corrected chi connectivity index (χ0v) is 7.96. The first kappa shape index (κ1) is 11.0. The molecule has 0 aromatic heterocycles. The highest BCUT2D eigenvalue weighted by Crippen LogP contribution is 2.11. The van der Waals surface area contributed by atoms with Crippen molar-refractivity contribution in [3.8, 4) is 0 Å². The van der Waals surface area contributed by atoms with Gasteiger partial charge in [0.25, 0.3) is 0 Å². The molecule has 2 heteroatoms. The molecule has 1 aromatic rings. The number of aryl methyl sites for hydroxylation is 1. The lowest BCUT2D eigenvalue weighted by Crippen LogP contribution is -1.91. The van der Waals surface area contributed by atoms with Gasteiger partial charge >= 0.3 is 0 Å². The SMILES string of the molecule is CC.Cc1cc(CO)ccc1N. The summed E-state index contributed by atoms with van der Waals surface area (Å²) in [5, 5.41) is 8.71. The van der Waals surface area contributed by atoms with Gasteiger partial charge in [0.05, 0.1) is 6.61 Å². The molecule has 0 spiro atoms. The van der Waals surface area contributed by atoms with E-state index in [0.29, 0.717) is 0 Å². The molecular weight excluding hydrogens is 150 g/mol. The van der Waals surface area contributed by atoms with Crippen molar-refractivity contribution in [1.29, 1.82) is 0 Å². The van der Waals surface area contributed by atoms with E-state index >= 15 is 0 Å². The summed E-state index contributed by atoms with van der Waals surface area (Å²) < 4.78 is 0. The molecule has 2 nitrogen and oxygen atoms in total. The standard InChI is InChI=1S/C8H11NO.C2H6/c1-6-4-7(5-10)2-3-8(6)9;1-2/h2-4,10H,5,9H2,1H3;1-2H3. The monoisotopic (exact) mass is 167 g/mol. The number of hydrogen-bond donors (Lipinski definition) is 2. The van der Waals surface area contributed by atoms with Crippen molar-refractivity contribution in [2.24, 2.45) is 0 Å². The van der Waals surface area contributed by atoms with Crippen molar-refractivity contribution >= 4 is 5.69 Å². The van der Waals surface area contributed by atoms with Gasteiger partial charge in [-0.1, -0.05) is 26.0 Å². The third kappa shape index (κ3) is 2.93. The molecular formula is C10H17NO. The second-order valence-corrected chi connectivity index (χ2v) is 2.35. The topological polar surface area (TPSA) is 46.2 Å². The fourth-order valence-corrected chi connectivity index (χ4v) is 0.836. The molecule has 0 bridgehead atoms. The number of anilines is 1. The quantitative estimate of drug-likeness (QED) is 0.629. The van der Waals surface area contributed by atoms with Crippen LogP contribution in [0.15, 0.2) is 18.2 Å². The number of aliphatic hydroxyl groups excluding tert-OH is 1. The van der Waals surface area contributed by atoms with Gasteiger partial charge in [-0.2, -0.15) is 0 Å². The van der Waals surface area contributed by atoms with Crippen LogP contribution in [0.25, 0.3) is 0 Å². The molecule has 0 saturated carbocycles. The van der Waals surface area contributed by atoms with Crippen molar-refractivity contribution in [3.63, 3.8) is 0 Å². The van der Waals surface area contributed by atoms with Crippen molar-refractivity contribution in [2.75, 3.05) is 5.73 Å². The van der Waals surface area contributed by atoms with Crippen LogP contribution in [0.4, 0.5) is 5.69 Å². The number of aliphatic hydroxyl groups is 1. The fraction of sp³-hybridized carbons (Fsp3) is 0.400. The van der Waals surface area contributed by atoms with Gasteiger partial charge in [0.1, 0.15) is 0 Å². The normalized spacial score (nSPS) is 8.67. The summed E-state index contributed by atoms with van der Waals surface area (Å²) in [6, 6.07) is 5.51. The van der Waals surface area contributed by atoms with Crippen LogP contribution in [0.2, 0.25) is 0 Å². The second-order valence-electron chi connectivity index (χ2n) is 2.35. The molecule has 3 N–H and O–H groups in total. The Kier molecular flexibility index (Phi) is 5.13. The molecule has 1 rings (SSSR count). The zero-order valence-electron chi connectivity index (χ0n) is 7.96. The third-order valence-electron chi connectivity index (χ3n) is 1.52. The highest BCUT2D eigenvalue weighted by Gasteiger charge is 1.93. The van der Waals surface area contributed by atoms with Crippen LogP contribution in [0.1, 0.15) is 25.0 Å². The minimum atomic E-state index is 0.0844. The molecule has 12 heavy (non-hydrogen) atoms. The zero-order chi connectivity index (χ0) is 9.56. The molecule has 0 aliphatic carbocycles. The largest absolute Gasteiger partial charge is 0.399 e. The number of benzene rings is 1. The van der Waals surface area contributed by atoms with Crippen LogP contribution < -0.4 is 5.73 Å². The first-order chi connectivity index (χ1) is 5.74.